The maximum Gasteiger partial charge on any atom is 0.416 e. The van der Waals surface area contributed by atoms with E-state index in [2.05, 4.69) is 96.9 Å². The number of fused-ring (bicyclic) bond motifs is 1. The van der Waals surface area contributed by atoms with Crippen LogP contribution in [-0.4, -0.2) is 11.7 Å². The van der Waals surface area contributed by atoms with E-state index in [1.807, 2.05) is 45.0 Å². The van der Waals surface area contributed by atoms with Crippen LogP contribution in [0.25, 0.3) is 16.7 Å². The fourth-order valence-corrected chi connectivity index (χ4v) is 5.07. The van der Waals surface area contributed by atoms with Gasteiger partial charge in [0.1, 0.15) is 11.7 Å². The minimum Gasteiger partial charge on any atom is -0.359 e. The van der Waals surface area contributed by atoms with Gasteiger partial charge in [0, 0.05) is 24.2 Å². The van der Waals surface area contributed by atoms with Gasteiger partial charge in [0.05, 0.1) is 5.56 Å². The van der Waals surface area contributed by atoms with Crippen molar-refractivity contribution in [3.63, 3.8) is 0 Å². The standard InChI is InChI=1S/C27H24F3N.C9H12.C4H8O.C3H8.C2H2O.C2H6/c1-15-6-11-22(27(28,29)30)13-25(15)31-16(2)12-20-7-9-21(10-8-20)17(3)23-14-24-19(5)26(24)18(23)4;1-3-9-7-5-4-6-8(9)2;1-3-4(2)5;1-3-2;1-2-3;1-2/h6-11,13-14,31H,2-3,12H2,1,4-5H3;4-7H,3H2,1-2H3;3H2,1-2H3;3H2,1-2H3;1H2;1-2H3. The molecule has 0 heterocycles. The average Bonchev–Trinajstić information content (AvgIpc) is 3.62. The summed E-state index contributed by atoms with van der Waals surface area (Å²) < 4.78 is 39.0. The Morgan fingerprint density at radius 2 is 1.34 bits per heavy atom. The third-order valence-electron chi connectivity index (χ3n) is 8.11. The summed E-state index contributed by atoms with van der Waals surface area (Å²) in [5, 5.41) is 3.04. The zero-order valence-electron chi connectivity index (χ0n) is 33.8. The van der Waals surface area contributed by atoms with Crippen molar-refractivity contribution in [3.05, 3.63) is 148 Å². The van der Waals surface area contributed by atoms with Crippen molar-refractivity contribution in [2.75, 3.05) is 5.32 Å². The zero-order chi connectivity index (χ0) is 40.9. The zero-order valence-corrected chi connectivity index (χ0v) is 33.8. The average molecular weight is 728 g/mol. The van der Waals surface area contributed by atoms with Gasteiger partial charge in [-0.05, 0) is 127 Å². The van der Waals surface area contributed by atoms with E-state index < -0.39 is 11.7 Å². The van der Waals surface area contributed by atoms with Gasteiger partial charge in [0.25, 0.3) is 0 Å². The lowest BCUT2D eigenvalue weighted by Crippen LogP contribution is -2.08. The Labute approximate surface area is 317 Å². The van der Waals surface area contributed by atoms with E-state index in [1.165, 1.54) is 57.4 Å². The highest BCUT2D eigenvalue weighted by Gasteiger charge is 2.31. The number of nitrogens with one attached hydrogen (secondary N) is 1. The number of carbonyl (C=O) groups excluding carboxylic acids is 2. The van der Waals surface area contributed by atoms with Crippen LogP contribution in [0.1, 0.15) is 111 Å². The molecule has 0 amide bonds. The molecule has 0 atom stereocenters. The minimum absolute atomic E-state index is 0.255. The van der Waals surface area contributed by atoms with Gasteiger partial charge < -0.3 is 10.1 Å². The van der Waals surface area contributed by atoms with Crippen LogP contribution in [0, 0.1) is 27.7 Å². The molecule has 0 aliphatic heterocycles. The second-order valence-corrected chi connectivity index (χ2v) is 12.4. The number of halogens is 3. The molecule has 0 unspecified atom stereocenters. The van der Waals surface area contributed by atoms with Crippen LogP contribution < -0.4 is 5.32 Å². The van der Waals surface area contributed by atoms with Crippen LogP contribution in [0.4, 0.5) is 18.9 Å². The minimum atomic E-state index is -4.37. The number of hydrogen-bond donors (Lipinski definition) is 1. The summed E-state index contributed by atoms with van der Waals surface area (Å²) in [6.45, 7) is 33.0. The largest absolute Gasteiger partial charge is 0.416 e. The molecule has 0 aromatic heterocycles. The van der Waals surface area contributed by atoms with Gasteiger partial charge >= 0.3 is 6.18 Å². The highest BCUT2D eigenvalue weighted by Crippen LogP contribution is 2.49. The van der Waals surface area contributed by atoms with Crippen molar-refractivity contribution in [1.82, 2.24) is 0 Å². The first-order valence-electron chi connectivity index (χ1n) is 18.2. The fraction of sp³-hybridized carbons (Fsp3) is 0.340. The Morgan fingerprint density at radius 1 is 0.811 bits per heavy atom. The number of carbonyl (C=O) groups is 1. The Bertz CT molecular complexity index is 1810. The van der Waals surface area contributed by atoms with E-state index in [-0.39, 0.29) is 5.78 Å². The number of anilines is 1. The van der Waals surface area contributed by atoms with Gasteiger partial charge in [-0.15, -0.1) is 0 Å². The fourth-order valence-electron chi connectivity index (χ4n) is 5.07. The molecule has 5 rings (SSSR count). The highest BCUT2D eigenvalue weighted by atomic mass is 19.4. The smallest absolute Gasteiger partial charge is 0.359 e. The van der Waals surface area contributed by atoms with Crippen LogP contribution >= 0.6 is 0 Å². The summed E-state index contributed by atoms with van der Waals surface area (Å²) in [6.07, 6.45) is -0.796. The second-order valence-electron chi connectivity index (χ2n) is 12.4. The molecule has 0 spiro atoms. The van der Waals surface area contributed by atoms with E-state index in [4.69, 9.17) is 4.79 Å². The summed E-state index contributed by atoms with van der Waals surface area (Å²) in [4.78, 5) is 18.4. The maximum absolute atomic E-state index is 13.0. The van der Waals surface area contributed by atoms with Gasteiger partial charge in [-0.2, -0.15) is 13.2 Å². The molecule has 2 aliphatic rings. The van der Waals surface area contributed by atoms with Crippen molar-refractivity contribution in [3.8, 4) is 11.1 Å². The molecule has 6 heteroatoms. The molecule has 0 fully saturated rings. The molecule has 286 valence electrons. The number of aryl methyl sites for hydroxylation is 4. The second kappa shape index (κ2) is 24.3. The summed E-state index contributed by atoms with van der Waals surface area (Å²) in [6, 6.07) is 22.5. The van der Waals surface area contributed by atoms with E-state index >= 15 is 0 Å². The lowest BCUT2D eigenvalue weighted by molar-refractivity contribution is -0.137. The lowest BCUT2D eigenvalue weighted by atomic mass is 9.97. The third kappa shape index (κ3) is 16.1. The number of hydrogen-bond acceptors (Lipinski definition) is 3. The molecule has 3 aromatic carbocycles. The monoisotopic (exact) mass is 727 g/mol. The molecule has 3 nitrogen and oxygen atoms in total. The summed E-state index contributed by atoms with van der Waals surface area (Å²) in [5.74, 6) is 1.50. The Balaban J connectivity index is 0.00000101. The molecule has 53 heavy (non-hydrogen) atoms. The van der Waals surface area contributed by atoms with Crippen molar-refractivity contribution in [2.45, 2.75) is 108 Å². The maximum atomic E-state index is 13.0. The number of allylic oxidation sites excluding steroid dienone is 1. The number of rotatable bonds is 8. The van der Waals surface area contributed by atoms with Crippen molar-refractivity contribution in [1.29, 1.82) is 0 Å². The van der Waals surface area contributed by atoms with Gasteiger partial charge in [0.15, 0.2) is 0 Å². The van der Waals surface area contributed by atoms with E-state index in [1.54, 1.807) is 13.8 Å². The van der Waals surface area contributed by atoms with E-state index in [0.717, 1.165) is 40.8 Å². The number of alkyl halides is 3. The van der Waals surface area contributed by atoms with Crippen LogP contribution in [0.2, 0.25) is 0 Å². The van der Waals surface area contributed by atoms with Crippen LogP contribution in [0.15, 0.2) is 98.2 Å². The molecule has 1 N–H and O–H groups in total. The SMILES string of the molecule is C=C(Cc1ccc(C(=C)c2cc3c(C)c-3c2C)cc1)Nc1cc(C(F)(F)F)ccc1C.C=C=O.CC.CCC.CCC(C)=O.CCc1ccccc1C. The molecule has 0 radical (unpaired) electrons. The Hall–Kier alpha value is -4.93. The molecular formula is C47H60F3NO2. The first kappa shape index (κ1) is 48.1. The predicted octanol–water partition coefficient (Wildman–Crippen LogP) is 13.8. The summed E-state index contributed by atoms with van der Waals surface area (Å²) in [7, 11) is 0. The molecule has 3 aromatic rings. The first-order valence-corrected chi connectivity index (χ1v) is 18.2. The Kier molecular flexibility index (Phi) is 22.1. The normalized spacial score (nSPS) is 9.92. The number of Topliss-reactive ketones (excluding diaryl/α,β-unsaturated/α-hetero) is 1. The van der Waals surface area contributed by atoms with Crippen LogP contribution in [-0.2, 0) is 28.6 Å². The highest BCUT2D eigenvalue weighted by molar-refractivity contribution is 5.99. The quantitative estimate of drug-likeness (QED) is 0.162. The van der Waals surface area contributed by atoms with Crippen molar-refractivity contribution < 1.29 is 22.8 Å². The van der Waals surface area contributed by atoms with Gasteiger partial charge in [-0.3, -0.25) is 0 Å². The third-order valence-corrected chi connectivity index (χ3v) is 8.11. The Morgan fingerprint density at radius 3 is 1.75 bits per heavy atom. The van der Waals surface area contributed by atoms with Crippen molar-refractivity contribution in [2.24, 2.45) is 0 Å². The van der Waals surface area contributed by atoms with E-state index in [0.29, 0.717) is 24.2 Å². The van der Waals surface area contributed by atoms with Crippen LogP contribution in [0.5, 0.6) is 0 Å². The molecule has 0 saturated carbocycles. The van der Waals surface area contributed by atoms with Gasteiger partial charge in [-0.25, -0.2) is 4.79 Å². The first-order chi connectivity index (χ1) is 25.0. The molecular weight excluding hydrogens is 668 g/mol. The van der Waals surface area contributed by atoms with Crippen LogP contribution in [0.3, 0.4) is 0 Å². The number of ketones is 1. The predicted molar refractivity (Wildman–Crippen MR) is 222 cm³/mol. The van der Waals surface area contributed by atoms with Gasteiger partial charge in [0.2, 0.25) is 0 Å². The summed E-state index contributed by atoms with van der Waals surface area (Å²) in [5.41, 5.74) is 13.6. The van der Waals surface area contributed by atoms with Crippen molar-refractivity contribution >= 4 is 23.0 Å². The topological polar surface area (TPSA) is 46.2 Å². The van der Waals surface area contributed by atoms with Gasteiger partial charge in [-0.1, -0.05) is 116 Å². The lowest BCUT2D eigenvalue weighted by Gasteiger charge is -2.15. The molecule has 0 saturated heterocycles. The van der Waals surface area contributed by atoms with E-state index in [9.17, 15) is 18.0 Å². The number of benzene rings is 4. The molecule has 2 aliphatic carbocycles. The summed E-state index contributed by atoms with van der Waals surface area (Å²) >= 11 is 0. The molecule has 0 bridgehead atoms.